The fraction of sp³-hybridized carbons (Fsp3) is 0.667. The van der Waals surface area contributed by atoms with Gasteiger partial charge in [-0.3, -0.25) is 14.5 Å². The van der Waals surface area contributed by atoms with Crippen molar-refractivity contribution < 1.29 is 14.3 Å². The zero-order valence-corrected chi connectivity index (χ0v) is 10.6. The quantitative estimate of drug-likeness (QED) is 0.633. The Hall–Kier alpha value is -1.21. The van der Waals surface area contributed by atoms with E-state index in [2.05, 4.69) is 14.9 Å². The molecule has 0 spiro atoms. The van der Waals surface area contributed by atoms with Gasteiger partial charge in [-0.2, -0.15) is 5.10 Å². The van der Waals surface area contributed by atoms with Gasteiger partial charge in [-0.1, -0.05) is 0 Å². The number of methoxy groups -OCH3 is 2. The summed E-state index contributed by atoms with van der Waals surface area (Å²) in [6.45, 7) is 3.70. The Bertz CT molecular complexity index is 435. The number of nitrogens with zero attached hydrogens (tertiary/aromatic N) is 2. The van der Waals surface area contributed by atoms with E-state index in [0.29, 0.717) is 10.6 Å². The second kappa shape index (κ2) is 4.75. The molecule has 1 aromatic rings. The lowest BCUT2D eigenvalue weighted by Gasteiger charge is -2.22. The van der Waals surface area contributed by atoms with E-state index in [4.69, 9.17) is 17.0 Å². The lowest BCUT2D eigenvalue weighted by atomic mass is 10.1. The average Bonchev–Trinajstić information content (AvgIpc) is 2.61. The van der Waals surface area contributed by atoms with E-state index in [0.717, 1.165) is 0 Å². The summed E-state index contributed by atoms with van der Waals surface area (Å²) < 4.78 is 11.8. The predicted octanol–water partition coefficient (Wildman–Crippen LogP) is 0.995. The zero-order chi connectivity index (χ0) is 12.3. The first-order valence-corrected chi connectivity index (χ1v) is 5.11. The van der Waals surface area contributed by atoms with Crippen LogP contribution >= 0.6 is 12.2 Å². The molecule has 0 fully saturated rings. The maximum atomic E-state index is 11.2. The lowest BCUT2D eigenvalue weighted by molar-refractivity contribution is -0.141. The molecule has 0 bridgehead atoms. The van der Waals surface area contributed by atoms with Crippen LogP contribution in [0.5, 0.6) is 0 Å². The number of nitrogens with one attached hydrogen (secondary N) is 1. The first-order valence-electron chi connectivity index (χ1n) is 4.70. The molecule has 1 rings (SSSR count). The van der Waals surface area contributed by atoms with Crippen molar-refractivity contribution in [3.8, 4) is 0 Å². The van der Waals surface area contributed by atoms with Crippen molar-refractivity contribution >= 4 is 18.2 Å². The normalized spacial score (nSPS) is 11.5. The molecule has 0 saturated carbocycles. The van der Waals surface area contributed by atoms with Gasteiger partial charge in [0.1, 0.15) is 12.1 Å². The van der Waals surface area contributed by atoms with Gasteiger partial charge in [0.05, 0.1) is 7.11 Å². The molecule has 0 radical (unpaired) electrons. The highest BCUT2D eigenvalue weighted by molar-refractivity contribution is 7.71. The number of hydrogen-bond donors (Lipinski definition) is 1. The van der Waals surface area contributed by atoms with Gasteiger partial charge in [-0.05, 0) is 26.1 Å². The minimum absolute atomic E-state index is 0.0218. The number of aromatic nitrogens is 3. The molecule has 1 heterocycles. The van der Waals surface area contributed by atoms with Crippen LogP contribution in [0.3, 0.4) is 0 Å². The fourth-order valence-electron chi connectivity index (χ4n) is 1.21. The van der Waals surface area contributed by atoms with Crippen molar-refractivity contribution in [1.29, 1.82) is 0 Å². The molecule has 0 aliphatic rings. The maximum Gasteiger partial charge on any atom is 0.325 e. The molecule has 0 aromatic carbocycles. The number of carbonyl (C=O) groups excluding carboxylic acids is 1. The van der Waals surface area contributed by atoms with Gasteiger partial charge < -0.3 is 9.47 Å². The third-order valence-corrected chi connectivity index (χ3v) is 2.63. The molecule has 0 aliphatic heterocycles. The molecule has 0 amide bonds. The maximum absolute atomic E-state index is 11.2. The number of ether oxygens (including phenoxy) is 2. The van der Waals surface area contributed by atoms with Crippen LogP contribution in [0.1, 0.15) is 19.7 Å². The molecule has 0 atom stereocenters. The van der Waals surface area contributed by atoms with Gasteiger partial charge >= 0.3 is 5.97 Å². The number of hydrogen-bond acceptors (Lipinski definition) is 5. The van der Waals surface area contributed by atoms with Gasteiger partial charge in [0.15, 0.2) is 10.6 Å². The van der Waals surface area contributed by atoms with Crippen molar-refractivity contribution in [3.63, 3.8) is 0 Å². The van der Waals surface area contributed by atoms with Gasteiger partial charge in [0, 0.05) is 7.11 Å². The summed E-state index contributed by atoms with van der Waals surface area (Å²) in [6.07, 6.45) is 0. The SMILES string of the molecule is COC(=O)Cn1c(C(C)(C)OC)n[nH]c1=S. The first-order chi connectivity index (χ1) is 7.42. The molecule has 1 aromatic heterocycles. The van der Waals surface area contributed by atoms with E-state index in [1.807, 2.05) is 13.8 Å². The van der Waals surface area contributed by atoms with Crippen LogP contribution in [0.25, 0.3) is 0 Å². The molecule has 0 aliphatic carbocycles. The van der Waals surface area contributed by atoms with Crippen molar-refractivity contribution in [3.05, 3.63) is 10.6 Å². The van der Waals surface area contributed by atoms with Crippen molar-refractivity contribution in [2.24, 2.45) is 0 Å². The van der Waals surface area contributed by atoms with Crippen LogP contribution in [0.2, 0.25) is 0 Å². The second-order valence-electron chi connectivity index (χ2n) is 3.73. The Kier molecular flexibility index (Phi) is 3.82. The highest BCUT2D eigenvalue weighted by atomic mass is 32.1. The third kappa shape index (κ3) is 2.48. The van der Waals surface area contributed by atoms with E-state index in [1.54, 1.807) is 11.7 Å². The van der Waals surface area contributed by atoms with Gasteiger partial charge in [0.25, 0.3) is 0 Å². The summed E-state index contributed by atoms with van der Waals surface area (Å²) in [5.74, 6) is 0.177. The molecule has 0 saturated heterocycles. The van der Waals surface area contributed by atoms with Gasteiger partial charge in [-0.25, -0.2) is 0 Å². The summed E-state index contributed by atoms with van der Waals surface area (Å²) >= 11 is 5.04. The minimum atomic E-state index is -0.623. The Labute approximate surface area is 98.6 Å². The van der Waals surface area contributed by atoms with E-state index in [9.17, 15) is 4.79 Å². The van der Waals surface area contributed by atoms with Crippen LogP contribution < -0.4 is 0 Å². The summed E-state index contributed by atoms with van der Waals surface area (Å²) in [5, 5.41) is 6.69. The van der Waals surface area contributed by atoms with E-state index in [-0.39, 0.29) is 12.5 Å². The molecule has 16 heavy (non-hydrogen) atoms. The van der Waals surface area contributed by atoms with Crippen molar-refractivity contribution in [2.45, 2.75) is 26.0 Å². The zero-order valence-electron chi connectivity index (χ0n) is 9.73. The predicted molar refractivity (Wildman–Crippen MR) is 59.5 cm³/mol. The standard InChI is InChI=1S/C9H15N3O3S/c1-9(2,15-4)7-10-11-8(16)12(7)5-6(13)14-3/h5H2,1-4H3,(H,11,16). The molecule has 1 N–H and O–H groups in total. The van der Waals surface area contributed by atoms with Crippen LogP contribution in [-0.4, -0.2) is 35.0 Å². The molecule has 0 unspecified atom stereocenters. The number of aromatic amines is 1. The Morgan fingerprint density at radius 1 is 1.56 bits per heavy atom. The number of esters is 1. The largest absolute Gasteiger partial charge is 0.468 e. The lowest BCUT2D eigenvalue weighted by Crippen LogP contribution is -2.27. The highest BCUT2D eigenvalue weighted by Crippen LogP contribution is 2.21. The third-order valence-electron chi connectivity index (χ3n) is 2.32. The Morgan fingerprint density at radius 2 is 2.19 bits per heavy atom. The molecular formula is C9H15N3O3S. The van der Waals surface area contributed by atoms with Crippen LogP contribution in [0.15, 0.2) is 0 Å². The van der Waals surface area contributed by atoms with Crippen LogP contribution in [0.4, 0.5) is 0 Å². The second-order valence-corrected chi connectivity index (χ2v) is 4.12. The first kappa shape index (κ1) is 12.9. The Balaban J connectivity index is 3.13. The highest BCUT2D eigenvalue weighted by Gasteiger charge is 2.27. The van der Waals surface area contributed by atoms with Gasteiger partial charge in [-0.15, -0.1) is 0 Å². The summed E-state index contributed by atoms with van der Waals surface area (Å²) in [4.78, 5) is 11.2. The topological polar surface area (TPSA) is 69.1 Å². The molecule has 90 valence electrons. The van der Waals surface area contributed by atoms with Crippen molar-refractivity contribution in [1.82, 2.24) is 14.8 Å². The van der Waals surface area contributed by atoms with Crippen molar-refractivity contribution in [2.75, 3.05) is 14.2 Å². The average molecular weight is 245 g/mol. The number of rotatable bonds is 4. The van der Waals surface area contributed by atoms with E-state index in [1.165, 1.54) is 7.11 Å². The molecule has 6 nitrogen and oxygen atoms in total. The minimum Gasteiger partial charge on any atom is -0.468 e. The van der Waals surface area contributed by atoms with E-state index < -0.39 is 5.60 Å². The van der Waals surface area contributed by atoms with Crippen LogP contribution in [0, 0.1) is 4.77 Å². The monoisotopic (exact) mass is 245 g/mol. The fourth-order valence-corrected chi connectivity index (χ4v) is 1.41. The van der Waals surface area contributed by atoms with Crippen LogP contribution in [-0.2, 0) is 26.4 Å². The smallest absolute Gasteiger partial charge is 0.325 e. The number of H-pyrrole nitrogens is 1. The summed E-state index contributed by atoms with van der Waals surface area (Å²) in [6, 6.07) is 0. The number of carbonyl (C=O) groups is 1. The van der Waals surface area contributed by atoms with Gasteiger partial charge in [0.2, 0.25) is 0 Å². The van der Waals surface area contributed by atoms with E-state index >= 15 is 0 Å². The molecular weight excluding hydrogens is 230 g/mol. The summed E-state index contributed by atoms with van der Waals surface area (Å²) in [7, 11) is 2.90. The molecule has 7 heteroatoms. The summed E-state index contributed by atoms with van der Waals surface area (Å²) in [5.41, 5.74) is -0.623. The Morgan fingerprint density at radius 3 is 2.69 bits per heavy atom.